The Kier molecular flexibility index (Phi) is 5.96. The van der Waals surface area contributed by atoms with Crippen molar-refractivity contribution in [2.24, 2.45) is 0 Å². The molecule has 0 spiro atoms. The lowest BCUT2D eigenvalue weighted by Gasteiger charge is -2.27. The van der Waals surface area contributed by atoms with E-state index in [0.717, 1.165) is 17.1 Å². The fourth-order valence-electron chi connectivity index (χ4n) is 8.32. The van der Waals surface area contributed by atoms with Gasteiger partial charge in [0.05, 0.1) is 27.8 Å². The Hall–Kier alpha value is -6.84. The van der Waals surface area contributed by atoms with Gasteiger partial charge in [0.15, 0.2) is 0 Å². The van der Waals surface area contributed by atoms with Crippen LogP contribution in [0.5, 0.6) is 0 Å². The first-order valence-corrected chi connectivity index (χ1v) is 17.5. The smallest absolute Gasteiger partial charge is 0.131 e. The highest BCUT2D eigenvalue weighted by Gasteiger charge is 2.24. The molecule has 0 N–H and O–H groups in total. The van der Waals surface area contributed by atoms with Gasteiger partial charge in [-0.05, 0) is 82.2 Å². The van der Waals surface area contributed by atoms with E-state index in [1.54, 1.807) is 0 Å². The third-order valence-corrected chi connectivity index (χ3v) is 10.6. The van der Waals surface area contributed by atoms with Crippen molar-refractivity contribution in [3.8, 4) is 22.3 Å². The first kappa shape index (κ1) is 28.0. The predicted octanol–water partition coefficient (Wildman–Crippen LogP) is 13.0. The number of hydrogen-bond acceptors (Lipinski definition) is 1. The minimum atomic E-state index is 1.11. The molecule has 51 heavy (non-hydrogen) atoms. The van der Waals surface area contributed by atoms with Gasteiger partial charge >= 0.3 is 0 Å². The first-order chi connectivity index (χ1) is 25.3. The molecule has 0 aliphatic carbocycles. The van der Waals surface area contributed by atoms with Gasteiger partial charge < -0.3 is 4.90 Å². The molecule has 238 valence electrons. The molecular weight excluding hydrogens is 619 g/mol. The Bertz CT molecular complexity index is 2960. The summed E-state index contributed by atoms with van der Waals surface area (Å²) in [7, 11) is 0. The van der Waals surface area contributed by atoms with Crippen LogP contribution >= 0.6 is 0 Å². The summed E-state index contributed by atoms with van der Waals surface area (Å²) >= 11 is 0. The van der Waals surface area contributed by atoms with Crippen molar-refractivity contribution in [1.82, 2.24) is 8.80 Å². The van der Waals surface area contributed by atoms with E-state index in [2.05, 4.69) is 202 Å². The van der Waals surface area contributed by atoms with Crippen LogP contribution in [0.1, 0.15) is 0 Å². The fourth-order valence-corrected chi connectivity index (χ4v) is 8.32. The van der Waals surface area contributed by atoms with Crippen molar-refractivity contribution in [2.45, 2.75) is 0 Å². The molecule has 0 radical (unpaired) electrons. The van der Waals surface area contributed by atoms with Gasteiger partial charge in [-0.25, -0.2) is 0 Å². The van der Waals surface area contributed by atoms with E-state index >= 15 is 0 Å². The summed E-state index contributed by atoms with van der Waals surface area (Å²) in [4.78, 5) is 2.41. The molecule has 0 fully saturated rings. The van der Waals surface area contributed by atoms with Gasteiger partial charge in [0.2, 0.25) is 0 Å². The van der Waals surface area contributed by atoms with E-state index < -0.39 is 0 Å². The standard InChI is InChI=1S/C48H31N3/c1-3-12-32(13-4-1)34-22-26-37(27-23-34)49(38-28-24-35(25-29-38)33-14-5-2-6-15-33)44-21-11-16-36-30-45-46(31-41(36)44)51-43-20-10-8-18-40(43)47-39-17-7-9-19-42(39)50(45)48(47)51/h1-31H. The normalized spacial score (nSPS) is 11.9. The van der Waals surface area contributed by atoms with Crippen molar-refractivity contribution in [2.75, 3.05) is 4.90 Å². The number of nitrogens with zero attached hydrogens (tertiary/aromatic N) is 3. The Labute approximate surface area is 294 Å². The van der Waals surface area contributed by atoms with Crippen LogP contribution in [0.15, 0.2) is 188 Å². The highest BCUT2D eigenvalue weighted by Crippen LogP contribution is 2.45. The number of aromatic nitrogens is 2. The van der Waals surface area contributed by atoms with E-state index in [1.165, 1.54) is 76.9 Å². The predicted molar refractivity (Wildman–Crippen MR) is 215 cm³/mol. The molecule has 3 heteroatoms. The second-order valence-corrected chi connectivity index (χ2v) is 13.4. The molecule has 0 aliphatic rings. The Balaban J connectivity index is 1.17. The summed E-state index contributed by atoms with van der Waals surface area (Å²) in [6.07, 6.45) is 0. The van der Waals surface area contributed by atoms with Crippen LogP contribution in [0, 0.1) is 0 Å². The van der Waals surface area contributed by atoms with E-state index in [-0.39, 0.29) is 0 Å². The van der Waals surface area contributed by atoms with E-state index in [4.69, 9.17) is 0 Å². The quantitative estimate of drug-likeness (QED) is 0.181. The summed E-state index contributed by atoms with van der Waals surface area (Å²) in [5.41, 5.74) is 14.4. The number of imidazole rings is 1. The molecule has 0 atom stereocenters. The maximum atomic E-state index is 2.48. The lowest BCUT2D eigenvalue weighted by Crippen LogP contribution is -2.10. The monoisotopic (exact) mass is 649 g/mol. The van der Waals surface area contributed by atoms with Crippen molar-refractivity contribution in [1.29, 1.82) is 0 Å². The van der Waals surface area contributed by atoms with Gasteiger partial charge in [-0.1, -0.05) is 133 Å². The number of fused-ring (bicyclic) bond motifs is 10. The van der Waals surface area contributed by atoms with Gasteiger partial charge in [0, 0.05) is 32.9 Å². The van der Waals surface area contributed by atoms with Gasteiger partial charge in [-0.15, -0.1) is 0 Å². The molecule has 3 nitrogen and oxygen atoms in total. The summed E-state index contributed by atoms with van der Waals surface area (Å²) in [5.74, 6) is 0. The highest BCUT2D eigenvalue weighted by atomic mass is 15.1. The molecule has 11 rings (SSSR count). The van der Waals surface area contributed by atoms with Crippen LogP contribution in [0.25, 0.3) is 76.9 Å². The van der Waals surface area contributed by atoms with Crippen molar-refractivity contribution < 1.29 is 0 Å². The molecule has 0 saturated carbocycles. The van der Waals surface area contributed by atoms with Gasteiger partial charge in [0.1, 0.15) is 5.65 Å². The van der Waals surface area contributed by atoms with Crippen LogP contribution in [0.4, 0.5) is 17.1 Å². The van der Waals surface area contributed by atoms with Crippen LogP contribution in [-0.4, -0.2) is 8.80 Å². The molecule has 0 amide bonds. The third-order valence-electron chi connectivity index (χ3n) is 10.6. The average molecular weight is 650 g/mol. The molecule has 11 aromatic rings. The average Bonchev–Trinajstić information content (AvgIpc) is 3.83. The minimum Gasteiger partial charge on any atom is -0.310 e. The number of hydrogen-bond donors (Lipinski definition) is 0. The zero-order valence-electron chi connectivity index (χ0n) is 27.7. The lowest BCUT2D eigenvalue weighted by atomic mass is 10.0. The van der Waals surface area contributed by atoms with Gasteiger partial charge in [-0.3, -0.25) is 8.80 Å². The molecule has 0 bridgehead atoms. The SMILES string of the molecule is c1ccc(-c2ccc(N(c3ccc(-c4ccccc4)cc3)c3cccc4cc5c(cc34)n3c4ccccc4c4c6ccccc6n5c43)cc2)cc1. The maximum Gasteiger partial charge on any atom is 0.131 e. The second-order valence-electron chi connectivity index (χ2n) is 13.4. The fraction of sp³-hybridized carbons (Fsp3) is 0. The molecule has 0 aliphatic heterocycles. The Morgan fingerprint density at radius 3 is 1.35 bits per heavy atom. The molecular formula is C48H31N3. The molecule has 3 aromatic heterocycles. The zero-order chi connectivity index (χ0) is 33.5. The number of anilines is 3. The van der Waals surface area contributed by atoms with Gasteiger partial charge in [0.25, 0.3) is 0 Å². The van der Waals surface area contributed by atoms with Crippen molar-refractivity contribution in [3.63, 3.8) is 0 Å². The second kappa shape index (κ2) is 10.8. The summed E-state index contributed by atoms with van der Waals surface area (Å²) < 4.78 is 4.94. The van der Waals surface area contributed by atoms with Crippen molar-refractivity contribution in [3.05, 3.63) is 188 Å². The molecule has 8 aromatic carbocycles. The van der Waals surface area contributed by atoms with Crippen molar-refractivity contribution >= 4 is 71.7 Å². The summed E-state index contributed by atoms with van der Waals surface area (Å²) in [6.45, 7) is 0. The summed E-state index contributed by atoms with van der Waals surface area (Å²) in [5, 5.41) is 6.32. The Morgan fingerprint density at radius 2 is 0.804 bits per heavy atom. The topological polar surface area (TPSA) is 12.1 Å². The van der Waals surface area contributed by atoms with E-state index in [0.29, 0.717) is 0 Å². The third kappa shape index (κ3) is 4.12. The van der Waals surface area contributed by atoms with Crippen LogP contribution in [0.2, 0.25) is 0 Å². The number of rotatable bonds is 5. The summed E-state index contributed by atoms with van der Waals surface area (Å²) in [6, 6.07) is 68.3. The minimum absolute atomic E-state index is 1.11. The molecule has 0 unspecified atom stereocenters. The van der Waals surface area contributed by atoms with Crippen LogP contribution < -0.4 is 4.90 Å². The Morgan fingerprint density at radius 1 is 0.333 bits per heavy atom. The van der Waals surface area contributed by atoms with E-state index in [1.807, 2.05) is 0 Å². The molecule has 3 heterocycles. The lowest BCUT2D eigenvalue weighted by molar-refractivity contribution is 1.28. The van der Waals surface area contributed by atoms with E-state index in [9.17, 15) is 0 Å². The number of para-hydroxylation sites is 2. The van der Waals surface area contributed by atoms with Gasteiger partial charge in [-0.2, -0.15) is 0 Å². The molecule has 0 saturated heterocycles. The number of benzene rings is 8. The van der Waals surface area contributed by atoms with Crippen LogP contribution in [0.3, 0.4) is 0 Å². The zero-order valence-corrected chi connectivity index (χ0v) is 27.7. The first-order valence-electron chi connectivity index (χ1n) is 17.5. The van der Waals surface area contributed by atoms with Crippen LogP contribution in [-0.2, 0) is 0 Å². The largest absolute Gasteiger partial charge is 0.310 e. The maximum absolute atomic E-state index is 2.48. The highest BCUT2D eigenvalue weighted by molar-refractivity contribution is 6.24.